The van der Waals surface area contributed by atoms with Gasteiger partial charge in [-0.05, 0) is 38.5 Å². The summed E-state index contributed by atoms with van der Waals surface area (Å²) < 4.78 is 10.8. The van der Waals surface area contributed by atoms with E-state index in [-0.39, 0.29) is 6.61 Å². The van der Waals surface area contributed by atoms with Crippen molar-refractivity contribution in [1.29, 1.82) is 0 Å². The molecular weight excluding hydrogens is 298 g/mol. The summed E-state index contributed by atoms with van der Waals surface area (Å²) in [5.74, 6) is 0.401. The van der Waals surface area contributed by atoms with Crippen LogP contribution in [0.4, 0.5) is 10.6 Å². The summed E-state index contributed by atoms with van der Waals surface area (Å²) >= 11 is 0. The van der Waals surface area contributed by atoms with E-state index in [0.717, 1.165) is 5.56 Å². The number of nitrogen functional groups attached to an aromatic ring is 1. The van der Waals surface area contributed by atoms with Crippen molar-refractivity contribution in [3.05, 3.63) is 23.9 Å². The molecule has 0 bridgehead atoms. The number of aliphatic hydroxyl groups excluding tert-OH is 1. The minimum atomic E-state index is -0.774. The molecule has 1 amide bonds. The van der Waals surface area contributed by atoms with Crippen LogP contribution in [-0.4, -0.2) is 58.6 Å². The van der Waals surface area contributed by atoms with Crippen molar-refractivity contribution in [2.45, 2.75) is 44.9 Å². The number of hydrogen-bond acceptors (Lipinski definition) is 6. The first-order valence-electron chi connectivity index (χ1n) is 7.72. The number of morpholine rings is 1. The first-order chi connectivity index (χ1) is 10.8. The van der Waals surface area contributed by atoms with Crippen LogP contribution in [0.1, 0.15) is 26.3 Å². The fourth-order valence-corrected chi connectivity index (χ4v) is 2.49. The van der Waals surface area contributed by atoms with Gasteiger partial charge in [0.2, 0.25) is 0 Å². The van der Waals surface area contributed by atoms with Crippen LogP contribution in [0.2, 0.25) is 0 Å². The fraction of sp³-hybridized carbons (Fsp3) is 0.625. The lowest BCUT2D eigenvalue weighted by Gasteiger charge is -2.38. The first kappa shape index (κ1) is 17.5. The lowest BCUT2D eigenvalue weighted by atomic mass is 10.0. The number of aromatic nitrogens is 1. The van der Waals surface area contributed by atoms with Crippen molar-refractivity contribution in [2.24, 2.45) is 0 Å². The summed E-state index contributed by atoms with van der Waals surface area (Å²) in [5, 5.41) is 10.5. The number of nitrogens with two attached hydrogens (primary N) is 1. The average Bonchev–Trinajstić information content (AvgIpc) is 2.45. The lowest BCUT2D eigenvalue weighted by molar-refractivity contribution is -0.0660. The van der Waals surface area contributed by atoms with E-state index in [1.165, 1.54) is 0 Å². The molecule has 1 aromatic heterocycles. The van der Waals surface area contributed by atoms with E-state index in [9.17, 15) is 9.90 Å². The Morgan fingerprint density at radius 1 is 1.61 bits per heavy atom. The van der Waals surface area contributed by atoms with Crippen molar-refractivity contribution in [1.82, 2.24) is 9.88 Å². The second-order valence-electron chi connectivity index (χ2n) is 6.68. The summed E-state index contributed by atoms with van der Waals surface area (Å²) in [6.45, 7) is 6.56. The van der Waals surface area contributed by atoms with Crippen molar-refractivity contribution in [3.8, 4) is 0 Å². The second-order valence-corrected chi connectivity index (χ2v) is 6.68. The summed E-state index contributed by atoms with van der Waals surface area (Å²) in [7, 11) is 0. The smallest absolute Gasteiger partial charge is 0.410 e. The van der Waals surface area contributed by atoms with Crippen LogP contribution in [0, 0.1) is 0 Å². The molecule has 23 heavy (non-hydrogen) atoms. The molecule has 1 aliphatic rings. The molecule has 1 aliphatic heterocycles. The maximum absolute atomic E-state index is 12.3. The molecule has 7 nitrogen and oxygen atoms in total. The predicted molar refractivity (Wildman–Crippen MR) is 85.9 cm³/mol. The lowest BCUT2D eigenvalue weighted by Crippen LogP contribution is -2.55. The Kier molecular flexibility index (Phi) is 5.43. The number of amides is 1. The number of nitrogens with zero attached hydrogens (tertiary/aromatic N) is 2. The molecule has 0 radical (unpaired) electrons. The summed E-state index contributed by atoms with van der Waals surface area (Å²) in [6.07, 6.45) is 0.754. The maximum atomic E-state index is 12.3. The van der Waals surface area contributed by atoms with E-state index in [4.69, 9.17) is 15.2 Å². The largest absolute Gasteiger partial charge is 0.444 e. The van der Waals surface area contributed by atoms with Gasteiger partial charge >= 0.3 is 6.09 Å². The van der Waals surface area contributed by atoms with E-state index in [1.54, 1.807) is 23.2 Å². The number of rotatable bonds is 3. The summed E-state index contributed by atoms with van der Waals surface area (Å²) in [4.78, 5) is 17.8. The number of aliphatic hydroxyl groups is 1. The Morgan fingerprint density at radius 3 is 3.00 bits per heavy atom. The Morgan fingerprint density at radius 2 is 2.35 bits per heavy atom. The standard InChI is InChI=1S/C16H25N3O4/c1-16(2,3)23-15(21)19-6-7-22-10-12(19)13(20)8-11-4-5-18-14(17)9-11/h4-5,9,12-13,20H,6-8,10H2,1-3H3,(H2,17,18). The van der Waals surface area contributed by atoms with Crippen LogP contribution >= 0.6 is 0 Å². The van der Waals surface area contributed by atoms with Crippen LogP contribution in [0.15, 0.2) is 18.3 Å². The molecule has 2 rings (SSSR count). The molecule has 1 saturated heterocycles. The predicted octanol–water partition coefficient (Wildman–Crippen LogP) is 1.20. The SMILES string of the molecule is CC(C)(C)OC(=O)N1CCOCC1C(O)Cc1ccnc(N)c1. The van der Waals surface area contributed by atoms with Gasteiger partial charge in [-0.15, -0.1) is 0 Å². The minimum absolute atomic E-state index is 0.279. The Balaban J connectivity index is 2.06. The van der Waals surface area contributed by atoms with Gasteiger partial charge < -0.3 is 20.3 Å². The van der Waals surface area contributed by atoms with Gasteiger partial charge in [0, 0.05) is 19.2 Å². The molecule has 128 valence electrons. The van der Waals surface area contributed by atoms with Crippen molar-refractivity contribution in [2.75, 3.05) is 25.5 Å². The van der Waals surface area contributed by atoms with Crippen molar-refractivity contribution < 1.29 is 19.4 Å². The zero-order chi connectivity index (χ0) is 17.0. The molecule has 1 fully saturated rings. The van der Waals surface area contributed by atoms with Crippen molar-refractivity contribution >= 4 is 11.9 Å². The third-order valence-corrected chi connectivity index (χ3v) is 3.53. The number of ether oxygens (including phenoxy) is 2. The monoisotopic (exact) mass is 323 g/mol. The van der Waals surface area contributed by atoms with Gasteiger partial charge in [0.25, 0.3) is 0 Å². The normalized spacial score (nSPS) is 20.2. The zero-order valence-electron chi connectivity index (χ0n) is 13.9. The highest BCUT2D eigenvalue weighted by atomic mass is 16.6. The average molecular weight is 323 g/mol. The molecule has 7 heteroatoms. The summed E-state index contributed by atoms with van der Waals surface area (Å²) in [5.41, 5.74) is 5.94. The van der Waals surface area contributed by atoms with Gasteiger partial charge in [-0.1, -0.05) is 0 Å². The van der Waals surface area contributed by atoms with Gasteiger partial charge in [-0.3, -0.25) is 4.90 Å². The first-order valence-corrected chi connectivity index (χ1v) is 7.72. The molecule has 2 heterocycles. The highest BCUT2D eigenvalue weighted by Gasteiger charge is 2.35. The molecule has 2 atom stereocenters. The molecule has 3 N–H and O–H groups in total. The second kappa shape index (κ2) is 7.14. The Hall–Kier alpha value is -1.86. The van der Waals surface area contributed by atoms with E-state index in [1.807, 2.05) is 20.8 Å². The number of hydrogen-bond donors (Lipinski definition) is 2. The zero-order valence-corrected chi connectivity index (χ0v) is 13.9. The molecule has 2 unspecified atom stereocenters. The van der Waals surface area contributed by atoms with Gasteiger partial charge in [0.1, 0.15) is 11.4 Å². The minimum Gasteiger partial charge on any atom is -0.444 e. The van der Waals surface area contributed by atoms with Crippen LogP contribution in [-0.2, 0) is 15.9 Å². The molecular formula is C16H25N3O4. The Bertz CT molecular complexity index is 544. The van der Waals surface area contributed by atoms with Crippen LogP contribution < -0.4 is 5.73 Å². The number of pyridine rings is 1. The molecule has 0 saturated carbocycles. The maximum Gasteiger partial charge on any atom is 0.410 e. The summed E-state index contributed by atoms with van der Waals surface area (Å²) in [6, 6.07) is 3.05. The van der Waals surface area contributed by atoms with E-state index >= 15 is 0 Å². The van der Waals surface area contributed by atoms with Gasteiger partial charge in [0.15, 0.2) is 0 Å². The van der Waals surface area contributed by atoms with E-state index in [2.05, 4.69) is 4.98 Å². The molecule has 0 spiro atoms. The van der Waals surface area contributed by atoms with E-state index < -0.39 is 23.8 Å². The van der Waals surface area contributed by atoms with Gasteiger partial charge in [-0.2, -0.15) is 0 Å². The van der Waals surface area contributed by atoms with Crippen molar-refractivity contribution in [3.63, 3.8) is 0 Å². The molecule has 0 aromatic carbocycles. The quantitative estimate of drug-likeness (QED) is 0.867. The number of carbonyl (C=O) groups excluding carboxylic acids is 1. The van der Waals surface area contributed by atoms with Crippen LogP contribution in [0.5, 0.6) is 0 Å². The molecule has 1 aromatic rings. The van der Waals surface area contributed by atoms with Crippen LogP contribution in [0.3, 0.4) is 0 Å². The van der Waals surface area contributed by atoms with Gasteiger partial charge in [-0.25, -0.2) is 9.78 Å². The number of anilines is 1. The topological polar surface area (TPSA) is 97.9 Å². The Labute approximate surface area is 136 Å². The fourth-order valence-electron chi connectivity index (χ4n) is 2.49. The van der Waals surface area contributed by atoms with E-state index in [0.29, 0.717) is 25.4 Å². The molecule has 0 aliphatic carbocycles. The highest BCUT2D eigenvalue weighted by molar-refractivity contribution is 5.68. The number of carbonyl (C=O) groups is 1. The third-order valence-electron chi connectivity index (χ3n) is 3.53. The van der Waals surface area contributed by atoms with Gasteiger partial charge in [0.05, 0.1) is 25.4 Å². The highest BCUT2D eigenvalue weighted by Crippen LogP contribution is 2.19. The third kappa shape index (κ3) is 5.07. The van der Waals surface area contributed by atoms with Crippen LogP contribution in [0.25, 0.3) is 0 Å².